The fraction of sp³-hybridized carbons (Fsp3) is 0.261. The molecule has 1 heterocycles. The lowest BCUT2D eigenvalue weighted by molar-refractivity contribution is -0.146. The number of aryl methyl sites for hydroxylation is 3. The molecule has 148 valence electrons. The van der Waals surface area contributed by atoms with Gasteiger partial charge in [0, 0.05) is 16.6 Å². The van der Waals surface area contributed by atoms with Gasteiger partial charge >= 0.3 is 5.97 Å². The van der Waals surface area contributed by atoms with Crippen molar-refractivity contribution in [2.24, 2.45) is 0 Å². The number of anilines is 1. The van der Waals surface area contributed by atoms with Crippen LogP contribution >= 0.6 is 11.3 Å². The number of nitrogens with one attached hydrogen (secondary N) is 1. The highest BCUT2D eigenvalue weighted by Gasteiger charge is 2.14. The van der Waals surface area contributed by atoms with Crippen molar-refractivity contribution in [3.8, 4) is 10.6 Å². The Morgan fingerprint density at radius 3 is 2.72 bits per heavy atom. The lowest BCUT2D eigenvalue weighted by Gasteiger charge is -2.08. The van der Waals surface area contributed by atoms with Crippen molar-refractivity contribution in [2.45, 2.75) is 32.6 Å². The average molecular weight is 407 g/mol. The molecular formula is C23H22N2O3S. The summed E-state index contributed by atoms with van der Waals surface area (Å²) in [6, 6.07) is 14.0. The monoisotopic (exact) mass is 406 g/mol. The number of fused-ring (bicyclic) bond motifs is 1. The summed E-state index contributed by atoms with van der Waals surface area (Å²) in [7, 11) is 0. The predicted molar refractivity (Wildman–Crippen MR) is 114 cm³/mol. The first-order valence-corrected chi connectivity index (χ1v) is 10.5. The normalized spacial score (nSPS) is 12.4. The number of carbonyl (C=O) groups excluding carboxylic acids is 2. The zero-order valence-corrected chi connectivity index (χ0v) is 17.1. The number of rotatable bonds is 6. The van der Waals surface area contributed by atoms with E-state index in [4.69, 9.17) is 4.74 Å². The molecule has 0 saturated carbocycles. The summed E-state index contributed by atoms with van der Waals surface area (Å²) in [6.45, 7) is 1.73. The smallest absolute Gasteiger partial charge is 0.312 e. The molecule has 0 bridgehead atoms. The van der Waals surface area contributed by atoms with Gasteiger partial charge in [-0.25, -0.2) is 4.98 Å². The molecule has 0 spiro atoms. The predicted octanol–water partition coefficient (Wildman–Crippen LogP) is 4.33. The average Bonchev–Trinajstić information content (AvgIpc) is 3.36. The van der Waals surface area contributed by atoms with Crippen molar-refractivity contribution in [2.75, 3.05) is 11.9 Å². The summed E-state index contributed by atoms with van der Waals surface area (Å²) in [5.41, 5.74) is 6.24. The number of ether oxygens (including phenoxy) is 1. The van der Waals surface area contributed by atoms with Crippen LogP contribution in [0.4, 0.5) is 5.69 Å². The Kier molecular flexibility index (Phi) is 5.71. The Bertz CT molecular complexity index is 1040. The Labute approximate surface area is 173 Å². The van der Waals surface area contributed by atoms with Crippen LogP contribution in [0.15, 0.2) is 47.8 Å². The van der Waals surface area contributed by atoms with Gasteiger partial charge in [-0.15, -0.1) is 11.3 Å². The van der Waals surface area contributed by atoms with E-state index >= 15 is 0 Å². The molecule has 0 unspecified atom stereocenters. The van der Waals surface area contributed by atoms with Gasteiger partial charge in [0.2, 0.25) is 0 Å². The molecule has 5 nitrogen and oxygen atoms in total. The largest absolute Gasteiger partial charge is 0.455 e. The second kappa shape index (κ2) is 8.57. The lowest BCUT2D eigenvalue weighted by atomic mass is 10.1. The van der Waals surface area contributed by atoms with Crippen LogP contribution in [0, 0.1) is 6.92 Å². The standard InChI is InChI=1S/C23H22N2O3S/c1-15-5-7-17(8-6-15)23-25-20(14-29-23)12-22(27)28-13-21(26)24-19-10-9-16-3-2-4-18(16)11-19/h5-11,14H,2-4,12-13H2,1H3,(H,24,26). The maximum Gasteiger partial charge on any atom is 0.312 e. The first-order chi connectivity index (χ1) is 14.1. The number of esters is 1. The zero-order chi connectivity index (χ0) is 20.2. The molecule has 6 heteroatoms. The minimum atomic E-state index is -0.463. The summed E-state index contributed by atoms with van der Waals surface area (Å²) in [4.78, 5) is 28.7. The molecular weight excluding hydrogens is 384 g/mol. The van der Waals surface area contributed by atoms with Gasteiger partial charge in [-0.1, -0.05) is 35.9 Å². The number of hydrogen-bond acceptors (Lipinski definition) is 5. The van der Waals surface area contributed by atoms with Crippen molar-refractivity contribution in [1.29, 1.82) is 0 Å². The molecule has 0 atom stereocenters. The summed E-state index contributed by atoms with van der Waals surface area (Å²) in [6.07, 6.45) is 3.36. The number of nitrogens with zero attached hydrogens (tertiary/aromatic N) is 1. The third-order valence-corrected chi connectivity index (χ3v) is 5.86. The molecule has 3 aromatic rings. The summed E-state index contributed by atoms with van der Waals surface area (Å²) < 4.78 is 5.12. The molecule has 4 rings (SSSR count). The van der Waals surface area contributed by atoms with Crippen molar-refractivity contribution < 1.29 is 14.3 Å². The van der Waals surface area contributed by atoms with Gasteiger partial charge in [-0.3, -0.25) is 9.59 Å². The van der Waals surface area contributed by atoms with E-state index in [9.17, 15) is 9.59 Å². The third kappa shape index (κ3) is 4.90. The van der Waals surface area contributed by atoms with Crippen molar-refractivity contribution in [3.63, 3.8) is 0 Å². The maximum absolute atomic E-state index is 12.1. The topological polar surface area (TPSA) is 68.3 Å². The highest BCUT2D eigenvalue weighted by atomic mass is 32.1. The van der Waals surface area contributed by atoms with Crippen LogP contribution in [-0.2, 0) is 33.6 Å². The van der Waals surface area contributed by atoms with E-state index < -0.39 is 5.97 Å². The van der Waals surface area contributed by atoms with E-state index in [1.54, 1.807) is 0 Å². The van der Waals surface area contributed by atoms with E-state index in [0.29, 0.717) is 5.69 Å². The fourth-order valence-corrected chi connectivity index (χ4v) is 4.23. The van der Waals surface area contributed by atoms with Gasteiger partial charge in [-0.2, -0.15) is 0 Å². The van der Waals surface area contributed by atoms with Gasteiger partial charge < -0.3 is 10.1 Å². The number of hydrogen-bond donors (Lipinski definition) is 1. The second-order valence-corrected chi connectivity index (χ2v) is 8.09. The Hall–Kier alpha value is -2.99. The molecule has 0 aliphatic heterocycles. The van der Waals surface area contributed by atoms with Gasteiger partial charge in [0.05, 0.1) is 12.1 Å². The van der Waals surface area contributed by atoms with E-state index in [2.05, 4.69) is 16.4 Å². The van der Waals surface area contributed by atoms with E-state index in [1.165, 1.54) is 28.0 Å². The van der Waals surface area contributed by atoms with E-state index in [-0.39, 0.29) is 18.9 Å². The molecule has 2 aromatic carbocycles. The molecule has 0 fully saturated rings. The molecule has 1 aromatic heterocycles. The lowest BCUT2D eigenvalue weighted by Crippen LogP contribution is -2.21. The quantitative estimate of drug-likeness (QED) is 0.619. The van der Waals surface area contributed by atoms with E-state index in [0.717, 1.165) is 35.5 Å². The highest BCUT2D eigenvalue weighted by Crippen LogP contribution is 2.25. The molecule has 1 aliphatic rings. The zero-order valence-electron chi connectivity index (χ0n) is 16.2. The van der Waals surface area contributed by atoms with Crippen LogP contribution < -0.4 is 5.32 Å². The van der Waals surface area contributed by atoms with Crippen LogP contribution in [0.3, 0.4) is 0 Å². The second-order valence-electron chi connectivity index (χ2n) is 7.23. The van der Waals surface area contributed by atoms with Crippen LogP contribution in [0.25, 0.3) is 10.6 Å². The molecule has 0 radical (unpaired) electrons. The number of amides is 1. The Morgan fingerprint density at radius 1 is 1.10 bits per heavy atom. The summed E-state index contributed by atoms with van der Waals surface area (Å²) in [5, 5.41) is 5.50. The summed E-state index contributed by atoms with van der Waals surface area (Å²) in [5.74, 6) is -0.801. The summed E-state index contributed by atoms with van der Waals surface area (Å²) >= 11 is 1.49. The Balaban J connectivity index is 1.26. The molecule has 29 heavy (non-hydrogen) atoms. The van der Waals surface area contributed by atoms with Crippen molar-refractivity contribution in [3.05, 3.63) is 70.2 Å². The van der Waals surface area contributed by atoms with Crippen LogP contribution in [-0.4, -0.2) is 23.5 Å². The van der Waals surface area contributed by atoms with Crippen molar-refractivity contribution in [1.82, 2.24) is 4.98 Å². The molecule has 1 N–H and O–H groups in total. The number of aromatic nitrogens is 1. The first-order valence-electron chi connectivity index (χ1n) is 9.65. The third-order valence-electron chi connectivity index (χ3n) is 4.92. The van der Waals surface area contributed by atoms with Gasteiger partial charge in [0.1, 0.15) is 5.01 Å². The number of carbonyl (C=O) groups is 2. The minimum absolute atomic E-state index is 0.0501. The van der Waals surface area contributed by atoms with Gasteiger partial charge in [-0.05, 0) is 49.4 Å². The van der Waals surface area contributed by atoms with Crippen LogP contribution in [0.1, 0.15) is 28.8 Å². The van der Waals surface area contributed by atoms with Crippen molar-refractivity contribution >= 4 is 28.9 Å². The number of thiazole rings is 1. The molecule has 0 saturated heterocycles. The minimum Gasteiger partial charge on any atom is -0.455 e. The van der Waals surface area contributed by atoms with Crippen LogP contribution in [0.2, 0.25) is 0 Å². The van der Waals surface area contributed by atoms with Crippen LogP contribution in [0.5, 0.6) is 0 Å². The first kappa shape index (κ1) is 19.3. The van der Waals surface area contributed by atoms with E-state index in [1.807, 2.05) is 48.7 Å². The number of benzene rings is 2. The SMILES string of the molecule is Cc1ccc(-c2nc(CC(=O)OCC(=O)Nc3ccc4c(c3)CCC4)cs2)cc1. The fourth-order valence-electron chi connectivity index (χ4n) is 3.41. The maximum atomic E-state index is 12.1. The highest BCUT2D eigenvalue weighted by molar-refractivity contribution is 7.13. The molecule has 1 amide bonds. The van der Waals surface area contributed by atoms with Gasteiger partial charge in [0.25, 0.3) is 5.91 Å². The molecule has 1 aliphatic carbocycles. The van der Waals surface area contributed by atoms with Gasteiger partial charge in [0.15, 0.2) is 6.61 Å². The Morgan fingerprint density at radius 2 is 1.90 bits per heavy atom.